The lowest BCUT2D eigenvalue weighted by atomic mass is 9.98. The number of halogens is 5. The number of aliphatic hydroxyl groups excluding tert-OH is 1. The Bertz CT molecular complexity index is 511. The highest BCUT2D eigenvalue weighted by molar-refractivity contribution is 5.85. The summed E-state index contributed by atoms with van der Waals surface area (Å²) in [5.41, 5.74) is 0.169. The van der Waals surface area contributed by atoms with Gasteiger partial charge in [-0.3, -0.25) is 4.90 Å². The molecule has 2 N–H and O–H groups in total. The highest BCUT2D eigenvalue weighted by atomic mass is 35.5. The summed E-state index contributed by atoms with van der Waals surface area (Å²) in [4.78, 5) is 2.02. The van der Waals surface area contributed by atoms with Gasteiger partial charge in [0, 0.05) is 44.4 Å². The van der Waals surface area contributed by atoms with Crippen molar-refractivity contribution in [2.24, 2.45) is 0 Å². The molecule has 1 atom stereocenters. The lowest BCUT2D eigenvalue weighted by molar-refractivity contribution is -0.274. The average molecular weight is 373 g/mol. The molecule has 0 aliphatic carbocycles. The van der Waals surface area contributed by atoms with E-state index in [1.54, 1.807) is 0 Å². The first-order chi connectivity index (χ1) is 10.9. The van der Waals surface area contributed by atoms with Crippen molar-refractivity contribution in [2.75, 3.05) is 32.8 Å². The molecule has 0 bridgehead atoms. The molecule has 1 fully saturated rings. The first-order valence-corrected chi connectivity index (χ1v) is 7.51. The van der Waals surface area contributed by atoms with Crippen molar-refractivity contribution in [1.29, 1.82) is 0 Å². The van der Waals surface area contributed by atoms with Crippen LogP contribution in [0.3, 0.4) is 0 Å². The molecule has 0 saturated carbocycles. The van der Waals surface area contributed by atoms with Crippen molar-refractivity contribution >= 4 is 12.4 Å². The van der Waals surface area contributed by atoms with Crippen LogP contribution in [0.5, 0.6) is 5.75 Å². The monoisotopic (exact) mass is 372 g/mol. The highest BCUT2D eigenvalue weighted by Gasteiger charge is 2.32. The molecule has 9 heteroatoms. The zero-order valence-corrected chi connectivity index (χ0v) is 13.8. The fourth-order valence-corrected chi connectivity index (χ4v) is 2.79. The fraction of sp³-hybridized carbons (Fsp3) is 0.600. The SMILES string of the molecule is Cl.OCCC[C@H](c1cc(OC(F)(F)F)ccc1F)N1CCNCC1. The Balaban J connectivity index is 0.00000288. The van der Waals surface area contributed by atoms with Crippen molar-refractivity contribution in [3.05, 3.63) is 29.6 Å². The maximum absolute atomic E-state index is 14.2. The lowest BCUT2D eigenvalue weighted by Crippen LogP contribution is -2.45. The number of piperazine rings is 1. The molecule has 4 nitrogen and oxygen atoms in total. The van der Waals surface area contributed by atoms with Crippen LogP contribution in [0.25, 0.3) is 0 Å². The van der Waals surface area contributed by atoms with Crippen molar-refractivity contribution < 1.29 is 27.4 Å². The van der Waals surface area contributed by atoms with Gasteiger partial charge in [0.2, 0.25) is 0 Å². The first kappa shape index (κ1) is 21.0. The third-order valence-electron chi connectivity index (χ3n) is 3.79. The molecule has 1 aliphatic heterocycles. The number of aliphatic hydroxyl groups is 1. The van der Waals surface area contributed by atoms with Gasteiger partial charge in [-0.15, -0.1) is 25.6 Å². The lowest BCUT2D eigenvalue weighted by Gasteiger charge is -2.35. The van der Waals surface area contributed by atoms with E-state index < -0.39 is 17.9 Å². The zero-order valence-electron chi connectivity index (χ0n) is 13.0. The molecule has 1 aliphatic rings. The Morgan fingerprint density at radius 3 is 2.50 bits per heavy atom. The number of rotatable bonds is 6. The number of hydrogen-bond donors (Lipinski definition) is 2. The van der Waals surface area contributed by atoms with Crippen LogP contribution >= 0.6 is 12.4 Å². The van der Waals surface area contributed by atoms with Gasteiger partial charge in [0.15, 0.2) is 0 Å². The number of hydrogen-bond acceptors (Lipinski definition) is 4. The van der Waals surface area contributed by atoms with Crippen molar-refractivity contribution in [1.82, 2.24) is 10.2 Å². The topological polar surface area (TPSA) is 44.7 Å². The van der Waals surface area contributed by atoms with Crippen LogP contribution in [-0.4, -0.2) is 49.2 Å². The molecule has 0 amide bonds. The number of ether oxygens (including phenoxy) is 1. The maximum atomic E-state index is 14.2. The summed E-state index contributed by atoms with van der Waals surface area (Å²) in [6.45, 7) is 2.74. The normalized spacial score (nSPS) is 17.2. The summed E-state index contributed by atoms with van der Waals surface area (Å²) < 4.78 is 55.2. The number of alkyl halides is 3. The Morgan fingerprint density at radius 2 is 1.92 bits per heavy atom. The van der Waals surface area contributed by atoms with Gasteiger partial charge in [0.05, 0.1) is 0 Å². The van der Waals surface area contributed by atoms with Crippen molar-refractivity contribution in [2.45, 2.75) is 25.2 Å². The predicted molar refractivity (Wildman–Crippen MR) is 83.8 cm³/mol. The minimum Gasteiger partial charge on any atom is -0.406 e. The van der Waals surface area contributed by atoms with Gasteiger partial charge < -0.3 is 15.2 Å². The number of nitrogens with one attached hydrogen (secondary N) is 1. The van der Waals surface area contributed by atoms with Gasteiger partial charge in [-0.1, -0.05) is 0 Å². The fourth-order valence-electron chi connectivity index (χ4n) is 2.79. The van der Waals surface area contributed by atoms with Crippen LogP contribution in [-0.2, 0) is 0 Å². The second-order valence-corrected chi connectivity index (χ2v) is 5.40. The van der Waals surface area contributed by atoms with Gasteiger partial charge in [-0.2, -0.15) is 0 Å². The van der Waals surface area contributed by atoms with Gasteiger partial charge in [-0.25, -0.2) is 4.39 Å². The smallest absolute Gasteiger partial charge is 0.406 e. The molecule has 0 aromatic heterocycles. The highest BCUT2D eigenvalue weighted by Crippen LogP contribution is 2.32. The summed E-state index contributed by atoms with van der Waals surface area (Å²) in [7, 11) is 0. The Kier molecular flexibility index (Phi) is 8.21. The quantitative estimate of drug-likeness (QED) is 0.754. The number of benzene rings is 1. The van der Waals surface area contributed by atoms with Gasteiger partial charge in [0.1, 0.15) is 11.6 Å². The summed E-state index contributed by atoms with van der Waals surface area (Å²) in [5.74, 6) is -1.00. The molecule has 138 valence electrons. The van der Waals surface area contributed by atoms with Crippen LogP contribution in [0.2, 0.25) is 0 Å². The van der Waals surface area contributed by atoms with Crippen LogP contribution in [0, 0.1) is 5.82 Å². The molecular weight excluding hydrogens is 352 g/mol. The van der Waals surface area contributed by atoms with E-state index in [1.807, 2.05) is 4.90 Å². The summed E-state index contributed by atoms with van der Waals surface area (Å²) in [6, 6.07) is 2.67. The maximum Gasteiger partial charge on any atom is 0.573 e. The van der Waals surface area contributed by atoms with E-state index in [9.17, 15) is 17.6 Å². The minimum atomic E-state index is -4.81. The van der Waals surface area contributed by atoms with E-state index in [0.29, 0.717) is 25.9 Å². The summed E-state index contributed by atoms with van der Waals surface area (Å²) in [5, 5.41) is 12.2. The summed E-state index contributed by atoms with van der Waals surface area (Å²) in [6.07, 6.45) is -3.91. The largest absolute Gasteiger partial charge is 0.573 e. The standard InChI is InChI=1S/C15H20F4N2O2.ClH/c16-13-4-3-11(23-15(17,18)19)10-12(13)14(2-1-9-22)21-7-5-20-6-8-21;/h3-4,10,14,20,22H,1-2,5-9H2;1H/t14-;/m1./s1. The van der Waals surface area contributed by atoms with E-state index in [4.69, 9.17) is 5.11 Å². The molecule has 0 spiro atoms. The Morgan fingerprint density at radius 1 is 1.25 bits per heavy atom. The van der Waals surface area contributed by atoms with Gasteiger partial charge in [-0.05, 0) is 31.0 Å². The molecule has 2 rings (SSSR count). The van der Waals surface area contributed by atoms with E-state index in [1.165, 1.54) is 0 Å². The van der Waals surface area contributed by atoms with Crippen LogP contribution in [0.15, 0.2) is 18.2 Å². The molecule has 0 radical (unpaired) electrons. The van der Waals surface area contributed by atoms with Crippen molar-refractivity contribution in [3.8, 4) is 5.75 Å². The van der Waals surface area contributed by atoms with E-state index in [0.717, 1.165) is 31.3 Å². The molecule has 1 saturated heterocycles. The third-order valence-corrected chi connectivity index (χ3v) is 3.79. The molecular formula is C15H21ClF4N2O2. The Hall–Kier alpha value is -1.09. The van der Waals surface area contributed by atoms with Gasteiger partial charge >= 0.3 is 6.36 Å². The minimum absolute atomic E-state index is 0. The third kappa shape index (κ3) is 6.08. The molecule has 0 unspecified atom stereocenters. The second-order valence-electron chi connectivity index (χ2n) is 5.40. The first-order valence-electron chi connectivity index (χ1n) is 7.51. The van der Waals surface area contributed by atoms with E-state index >= 15 is 0 Å². The average Bonchev–Trinajstić information content (AvgIpc) is 2.50. The number of nitrogens with zero attached hydrogens (tertiary/aromatic N) is 1. The van der Waals surface area contributed by atoms with Crippen LogP contribution < -0.4 is 10.1 Å². The van der Waals surface area contributed by atoms with Gasteiger partial charge in [0.25, 0.3) is 0 Å². The van der Waals surface area contributed by atoms with Crippen LogP contribution in [0.1, 0.15) is 24.4 Å². The Labute approximate surface area is 144 Å². The van der Waals surface area contributed by atoms with E-state index in [-0.39, 0.29) is 30.6 Å². The second kappa shape index (κ2) is 9.41. The molecule has 1 heterocycles. The van der Waals surface area contributed by atoms with E-state index in [2.05, 4.69) is 10.1 Å². The van der Waals surface area contributed by atoms with Crippen LogP contribution in [0.4, 0.5) is 17.6 Å². The van der Waals surface area contributed by atoms with Crippen molar-refractivity contribution in [3.63, 3.8) is 0 Å². The molecule has 24 heavy (non-hydrogen) atoms. The predicted octanol–water partition coefficient (Wildman–Crippen LogP) is 2.86. The molecule has 1 aromatic rings. The molecule has 1 aromatic carbocycles. The summed E-state index contributed by atoms with van der Waals surface area (Å²) >= 11 is 0. The zero-order chi connectivity index (χ0) is 16.9.